The highest BCUT2D eigenvalue weighted by Gasteiger charge is 2.49. The number of alkyl halides is 3. The first kappa shape index (κ1) is 80.6. The van der Waals surface area contributed by atoms with Crippen LogP contribution in [0.25, 0.3) is 16.0 Å². The van der Waals surface area contributed by atoms with E-state index >= 15 is 4.39 Å². The maximum Gasteiger partial charge on any atom is 0.501 e. The lowest BCUT2D eigenvalue weighted by Gasteiger charge is -2.37. The zero-order valence-electron chi connectivity index (χ0n) is 60.9. The van der Waals surface area contributed by atoms with Crippen molar-refractivity contribution in [1.29, 1.82) is 0 Å². The Labute approximate surface area is 637 Å². The predicted molar refractivity (Wildman–Crippen MR) is 409 cm³/mol. The Hall–Kier alpha value is -7.44. The second-order valence-electron chi connectivity index (χ2n) is 29.9. The SMILES string of the molecule is Cc1ncsc1-c1ccc([C@H](C)NC(=O)[C@@H]2C[C@@H](O)CN2C(=O)[C@@H](NC(=O)CCCCCC(=O)N2C[C@H]3CN(CC[C@H](CSc4ccccc4)Nc4ccc(S(=O)(=O)NC(=O)c5ccc(N6CCN(CC7=C(c8ccc(Cl)cc8F)CCCCC7)CC6)cc5)cc4S(=O)(=O)C(F)(F)F)C[C@H]3C2)C(C)(C)C)cc1. The van der Waals surface area contributed by atoms with Gasteiger partial charge in [0.15, 0.2) is 0 Å². The quantitative estimate of drug-likeness (QED) is 0.0174. The van der Waals surface area contributed by atoms with Gasteiger partial charge in [-0.25, -0.2) is 30.9 Å². The third-order valence-electron chi connectivity index (χ3n) is 21.1. The number of benzene rings is 5. The van der Waals surface area contributed by atoms with Gasteiger partial charge >= 0.3 is 5.51 Å². The number of halogens is 5. The van der Waals surface area contributed by atoms with E-state index in [1.807, 2.05) is 98.8 Å². The molecule has 5 aromatic carbocycles. The third-order valence-corrected chi connectivity index (χ3v) is 26.3. The fraction of sp³-hybridized carbons (Fsp3) is 0.487. The van der Waals surface area contributed by atoms with E-state index < -0.39 is 94.3 Å². The lowest BCUT2D eigenvalue weighted by Crippen LogP contribution is -2.57. The normalized spacial score (nSPS) is 20.0. The number of amides is 5. The number of sulfonamides is 1. The minimum absolute atomic E-state index is 0.000109. The standard InChI is InChI=1S/C78H95ClF4N10O10S4/c1-50(52-21-23-53(24-22-52)72-51(2)84-49-105-72)85-75(98)68-40-61(94)47-93(68)76(99)73(77(3,4)5)87-70(95)19-13-8-14-20-71(96)92-45-56-43-90(44-57(56)46-92)34-33-59(48-104-62-16-10-7-11-17-62)86-67-32-30-63(41-69(67)106(100,101)78(81,82)83)107(102,103)88-74(97)54-25-28-60(29-26-54)91-37-35-89(36-38-91)42-55-15-9-6-12-18-64(55)65-31-27-58(79)39-66(65)80/h7,10-11,16-17,21-32,39,41,49-50,56-57,59,61,68,73,86,94H,6,8-9,12-15,18-20,33-38,40,42-48H2,1-5H3,(H,85,98)(H,87,95)(H,88,97)/t50-,56-,57+,59+,61+,68-,73+/m0/s1. The number of anilines is 2. The summed E-state index contributed by atoms with van der Waals surface area (Å²) in [5.41, 5.74) is 1.14. The molecule has 1 aromatic heterocycles. The van der Waals surface area contributed by atoms with Crippen molar-refractivity contribution >= 4 is 101 Å². The maximum atomic E-state index is 15.1. The number of thiazole rings is 1. The fourth-order valence-electron chi connectivity index (χ4n) is 15.1. The smallest absolute Gasteiger partial charge is 0.391 e. The van der Waals surface area contributed by atoms with Gasteiger partial charge in [-0.3, -0.25) is 28.9 Å². The van der Waals surface area contributed by atoms with Gasteiger partial charge in [0, 0.05) is 130 Å². The molecule has 5 N–H and O–H groups in total. The zero-order chi connectivity index (χ0) is 76.5. The number of hydrogen-bond donors (Lipinski definition) is 5. The first-order valence-corrected chi connectivity index (χ1v) is 41.9. The lowest BCUT2D eigenvalue weighted by atomic mass is 9.85. The number of likely N-dealkylation sites (tertiary alicyclic amines) is 3. The molecule has 5 amide bonds. The van der Waals surface area contributed by atoms with Gasteiger partial charge in [0.2, 0.25) is 23.6 Å². The number of nitrogens with one attached hydrogen (secondary N) is 4. The van der Waals surface area contributed by atoms with Crippen molar-refractivity contribution in [3.8, 4) is 10.4 Å². The van der Waals surface area contributed by atoms with E-state index in [-0.39, 0.29) is 66.6 Å². The molecule has 0 unspecified atom stereocenters. The molecule has 0 bridgehead atoms. The number of aliphatic hydroxyl groups is 1. The van der Waals surface area contributed by atoms with Crippen LogP contribution in [0.3, 0.4) is 0 Å². The molecule has 7 atom stereocenters. The van der Waals surface area contributed by atoms with Crippen LogP contribution < -0.4 is 25.6 Å². The Morgan fingerprint density at radius 3 is 2.13 bits per heavy atom. The van der Waals surface area contributed by atoms with Gasteiger partial charge < -0.3 is 40.7 Å². The molecule has 6 aromatic rings. The average Bonchev–Trinajstić information content (AvgIpc) is 1.68. The predicted octanol–water partition coefficient (Wildman–Crippen LogP) is 12.5. The third kappa shape index (κ3) is 20.3. The minimum Gasteiger partial charge on any atom is -0.391 e. The van der Waals surface area contributed by atoms with E-state index in [1.165, 1.54) is 40.4 Å². The Kier molecular flexibility index (Phi) is 26.4. The molecule has 4 saturated heterocycles. The highest BCUT2D eigenvalue weighted by molar-refractivity contribution is 7.99. The molecule has 20 nitrogen and oxygen atoms in total. The van der Waals surface area contributed by atoms with Crippen molar-refractivity contribution in [2.75, 3.05) is 88.0 Å². The summed E-state index contributed by atoms with van der Waals surface area (Å²) in [6.45, 7) is 15.5. The molecule has 576 valence electrons. The van der Waals surface area contributed by atoms with E-state index in [9.17, 15) is 59.1 Å². The van der Waals surface area contributed by atoms with Crippen LogP contribution in [0.2, 0.25) is 5.02 Å². The fourth-order valence-corrected chi connectivity index (χ4v) is 19.1. The first-order chi connectivity index (χ1) is 50.9. The number of thioether (sulfide) groups is 1. The second-order valence-corrected chi connectivity index (χ2v) is 35.9. The Morgan fingerprint density at radius 1 is 0.776 bits per heavy atom. The molecule has 0 saturated carbocycles. The van der Waals surface area contributed by atoms with Gasteiger partial charge in [0.05, 0.1) is 38.8 Å². The number of allylic oxidation sites excluding steroid dienone is 1. The van der Waals surface area contributed by atoms with Crippen LogP contribution in [0.1, 0.15) is 138 Å². The summed E-state index contributed by atoms with van der Waals surface area (Å²) >= 11 is 9.04. The van der Waals surface area contributed by atoms with Crippen molar-refractivity contribution in [3.05, 3.63) is 160 Å². The van der Waals surface area contributed by atoms with E-state index in [1.54, 1.807) is 41.1 Å². The molecule has 11 rings (SSSR count). The van der Waals surface area contributed by atoms with E-state index in [2.05, 4.69) is 35.6 Å². The summed E-state index contributed by atoms with van der Waals surface area (Å²) in [5, 5.41) is 20.1. The topological polar surface area (TPSA) is 251 Å². The Morgan fingerprint density at radius 2 is 1.47 bits per heavy atom. The van der Waals surface area contributed by atoms with Crippen molar-refractivity contribution in [2.24, 2.45) is 17.3 Å². The van der Waals surface area contributed by atoms with Crippen LogP contribution in [0, 0.1) is 30.0 Å². The van der Waals surface area contributed by atoms with E-state index in [0.717, 1.165) is 82.1 Å². The van der Waals surface area contributed by atoms with Gasteiger partial charge in [-0.15, -0.1) is 23.1 Å². The van der Waals surface area contributed by atoms with Gasteiger partial charge in [0.25, 0.3) is 25.8 Å². The van der Waals surface area contributed by atoms with E-state index in [4.69, 9.17) is 11.6 Å². The largest absolute Gasteiger partial charge is 0.501 e. The molecule has 4 aliphatic heterocycles. The molecule has 4 fully saturated rings. The van der Waals surface area contributed by atoms with Crippen LogP contribution in [-0.4, -0.2) is 184 Å². The number of carbonyl (C=O) groups is 5. The van der Waals surface area contributed by atoms with Crippen LogP contribution >= 0.6 is 34.7 Å². The lowest BCUT2D eigenvalue weighted by molar-refractivity contribution is -0.144. The molecule has 29 heteroatoms. The second kappa shape index (κ2) is 35.1. The van der Waals surface area contributed by atoms with Gasteiger partial charge in [-0.05, 0) is 159 Å². The van der Waals surface area contributed by atoms with Crippen LogP contribution in [0.15, 0.2) is 141 Å². The summed E-state index contributed by atoms with van der Waals surface area (Å²) in [7, 11) is -11.1. The first-order valence-electron chi connectivity index (χ1n) is 36.7. The van der Waals surface area contributed by atoms with Crippen LogP contribution in [0.5, 0.6) is 0 Å². The number of β-amino-alcohol motifs (C(OH)–C–C–N with tert-alkyl or cyclic N) is 1. The van der Waals surface area contributed by atoms with Gasteiger partial charge in [-0.2, -0.15) is 13.2 Å². The van der Waals surface area contributed by atoms with Crippen LogP contribution in [0.4, 0.5) is 28.9 Å². The number of aromatic nitrogens is 1. The highest BCUT2D eigenvalue weighted by Crippen LogP contribution is 2.40. The number of unbranched alkanes of at least 4 members (excludes halogenated alkanes) is 2. The minimum atomic E-state index is -6.19. The number of fused-ring (bicyclic) bond motifs is 1. The molecule has 5 heterocycles. The zero-order valence-corrected chi connectivity index (χ0v) is 64.9. The Balaban J connectivity index is 0.643. The van der Waals surface area contributed by atoms with Crippen molar-refractivity contribution in [2.45, 2.75) is 162 Å². The van der Waals surface area contributed by atoms with Crippen molar-refractivity contribution < 1.29 is 63.5 Å². The number of nitrogens with zero attached hydrogens (tertiary/aromatic N) is 6. The summed E-state index contributed by atoms with van der Waals surface area (Å²) in [6, 6.07) is 27.5. The number of hydrogen-bond acceptors (Lipinski definition) is 17. The van der Waals surface area contributed by atoms with Gasteiger partial charge in [0.1, 0.15) is 22.8 Å². The monoisotopic (exact) mass is 1570 g/mol. The van der Waals surface area contributed by atoms with E-state index in [0.29, 0.717) is 108 Å². The number of aliphatic hydroxyl groups excluding tert-OH is 1. The summed E-state index contributed by atoms with van der Waals surface area (Å²) in [6.07, 6.45) is 6.16. The molecule has 0 radical (unpaired) electrons. The molecular formula is C78H95ClF4N10O10S4. The number of sulfone groups is 1. The molecular weight excluding hydrogens is 1480 g/mol. The molecule has 0 spiro atoms. The van der Waals surface area contributed by atoms with Gasteiger partial charge in [-0.1, -0.05) is 99.3 Å². The molecule has 107 heavy (non-hydrogen) atoms. The Bertz CT molecular complexity index is 4410. The number of rotatable bonds is 28. The van der Waals surface area contributed by atoms with Crippen molar-refractivity contribution in [1.82, 2.24) is 39.9 Å². The van der Waals surface area contributed by atoms with Crippen LogP contribution in [-0.2, 0) is 39.0 Å². The summed E-state index contributed by atoms with van der Waals surface area (Å²) in [5.74, 6) is -2.03. The summed E-state index contributed by atoms with van der Waals surface area (Å²) < 4.78 is 116. The molecule has 1 aliphatic carbocycles. The summed E-state index contributed by atoms with van der Waals surface area (Å²) in [4.78, 5) is 82.9. The highest BCUT2D eigenvalue weighted by atomic mass is 35.5. The molecule has 5 aliphatic rings. The maximum absolute atomic E-state index is 15.1. The number of carbonyl (C=O) groups excluding carboxylic acids is 5. The number of aryl methyl sites for hydroxylation is 1. The average molecular weight is 1570 g/mol. The van der Waals surface area contributed by atoms with Crippen molar-refractivity contribution in [3.63, 3.8) is 0 Å². The number of piperazine rings is 1.